The second kappa shape index (κ2) is 8.71. The van der Waals surface area contributed by atoms with E-state index in [4.69, 9.17) is 4.74 Å². The number of piperidine rings is 1. The first-order chi connectivity index (χ1) is 13.0. The number of carbonyl (C=O) groups is 2. The number of likely N-dealkylation sites (tertiary alicyclic amines) is 1. The lowest BCUT2D eigenvalue weighted by Gasteiger charge is -2.32. The van der Waals surface area contributed by atoms with Crippen LogP contribution in [0.3, 0.4) is 0 Å². The Morgan fingerprint density at radius 2 is 1.78 bits per heavy atom. The van der Waals surface area contributed by atoms with E-state index in [1.165, 1.54) is 5.56 Å². The van der Waals surface area contributed by atoms with E-state index >= 15 is 0 Å². The molecule has 1 N–H and O–H groups in total. The molecule has 2 aromatic rings. The van der Waals surface area contributed by atoms with Crippen molar-refractivity contribution >= 4 is 11.8 Å². The number of nitrogens with one attached hydrogen (secondary N) is 1. The molecule has 0 aliphatic carbocycles. The Labute approximate surface area is 160 Å². The van der Waals surface area contributed by atoms with Gasteiger partial charge in [0.25, 0.3) is 5.91 Å². The summed E-state index contributed by atoms with van der Waals surface area (Å²) in [6.07, 6.45) is 1.71. The van der Waals surface area contributed by atoms with Crippen molar-refractivity contribution in [1.82, 2.24) is 10.2 Å². The summed E-state index contributed by atoms with van der Waals surface area (Å²) in [5.41, 5.74) is 2.87. The lowest BCUT2D eigenvalue weighted by atomic mass is 10.1. The first kappa shape index (κ1) is 19.0. The molecule has 1 heterocycles. The van der Waals surface area contributed by atoms with Crippen LogP contribution in [0.25, 0.3) is 0 Å². The molecule has 0 spiro atoms. The van der Waals surface area contributed by atoms with E-state index in [2.05, 4.69) is 30.4 Å². The summed E-state index contributed by atoms with van der Waals surface area (Å²) in [6, 6.07) is 15.1. The second-order valence-corrected chi connectivity index (χ2v) is 7.02. The van der Waals surface area contributed by atoms with Crippen LogP contribution in [0.15, 0.2) is 48.5 Å². The number of hydrogen-bond donors (Lipinski definition) is 1. The number of hydrogen-bond acceptors (Lipinski definition) is 3. The van der Waals surface area contributed by atoms with Crippen LogP contribution in [-0.4, -0.2) is 42.5 Å². The van der Waals surface area contributed by atoms with E-state index in [1.807, 2.05) is 13.0 Å². The maximum atomic E-state index is 12.4. The molecule has 0 unspecified atom stereocenters. The van der Waals surface area contributed by atoms with Gasteiger partial charge in [-0.05, 0) is 43.2 Å². The summed E-state index contributed by atoms with van der Waals surface area (Å²) in [4.78, 5) is 26.2. The number of amides is 2. The van der Waals surface area contributed by atoms with E-state index in [-0.39, 0.29) is 24.5 Å². The Morgan fingerprint density at radius 1 is 1.07 bits per heavy atom. The standard InChI is InChI=1S/C22H26N2O3/c1-16-8-9-17(2)20(14-16)27-19-10-12-24(13-11-19)21(25)15-23-22(26)18-6-4-3-5-7-18/h3-9,14,19H,10-13,15H2,1-2H3,(H,23,26). The lowest BCUT2D eigenvalue weighted by Crippen LogP contribution is -2.46. The zero-order valence-electron chi connectivity index (χ0n) is 15.9. The molecule has 2 amide bonds. The number of rotatable bonds is 5. The summed E-state index contributed by atoms with van der Waals surface area (Å²) in [5.74, 6) is 0.650. The van der Waals surface area contributed by atoms with Crippen LogP contribution in [-0.2, 0) is 4.79 Å². The predicted octanol–water partition coefficient (Wildman–Crippen LogP) is 3.10. The maximum Gasteiger partial charge on any atom is 0.251 e. The number of nitrogens with zero attached hydrogens (tertiary/aromatic N) is 1. The van der Waals surface area contributed by atoms with E-state index in [0.29, 0.717) is 18.7 Å². The highest BCUT2D eigenvalue weighted by Gasteiger charge is 2.24. The van der Waals surface area contributed by atoms with Gasteiger partial charge in [-0.1, -0.05) is 30.3 Å². The topological polar surface area (TPSA) is 58.6 Å². The van der Waals surface area contributed by atoms with Gasteiger partial charge in [-0.2, -0.15) is 0 Å². The Hall–Kier alpha value is -2.82. The van der Waals surface area contributed by atoms with Crippen LogP contribution >= 0.6 is 0 Å². The molecular formula is C22H26N2O3. The molecule has 1 saturated heterocycles. The highest BCUT2D eigenvalue weighted by atomic mass is 16.5. The normalized spacial score (nSPS) is 14.7. The van der Waals surface area contributed by atoms with Gasteiger partial charge in [-0.15, -0.1) is 0 Å². The number of aryl methyl sites for hydroxylation is 2. The van der Waals surface area contributed by atoms with Crippen molar-refractivity contribution in [2.75, 3.05) is 19.6 Å². The van der Waals surface area contributed by atoms with Gasteiger partial charge in [-0.25, -0.2) is 0 Å². The quantitative estimate of drug-likeness (QED) is 0.885. The monoisotopic (exact) mass is 366 g/mol. The zero-order valence-corrected chi connectivity index (χ0v) is 15.9. The van der Waals surface area contributed by atoms with Crippen molar-refractivity contribution in [1.29, 1.82) is 0 Å². The van der Waals surface area contributed by atoms with E-state index in [9.17, 15) is 9.59 Å². The Bertz CT molecular complexity index is 796. The van der Waals surface area contributed by atoms with E-state index in [0.717, 1.165) is 24.2 Å². The van der Waals surface area contributed by atoms with Crippen molar-refractivity contribution in [3.05, 3.63) is 65.2 Å². The van der Waals surface area contributed by atoms with Crippen LogP contribution in [0.2, 0.25) is 0 Å². The number of ether oxygens (including phenoxy) is 1. The molecule has 5 heteroatoms. The fraction of sp³-hybridized carbons (Fsp3) is 0.364. The Kier molecular flexibility index (Phi) is 6.12. The average Bonchev–Trinajstić information content (AvgIpc) is 2.70. The van der Waals surface area contributed by atoms with Crippen molar-refractivity contribution < 1.29 is 14.3 Å². The smallest absolute Gasteiger partial charge is 0.251 e. The molecule has 0 bridgehead atoms. The van der Waals surface area contributed by atoms with Crippen molar-refractivity contribution in [3.8, 4) is 5.75 Å². The van der Waals surface area contributed by atoms with Crippen LogP contribution < -0.4 is 10.1 Å². The molecule has 0 saturated carbocycles. The molecule has 142 valence electrons. The lowest BCUT2D eigenvalue weighted by molar-refractivity contribution is -0.131. The molecule has 0 aromatic heterocycles. The van der Waals surface area contributed by atoms with Gasteiger partial charge in [-0.3, -0.25) is 9.59 Å². The average molecular weight is 366 g/mol. The largest absolute Gasteiger partial charge is 0.490 e. The molecule has 0 radical (unpaired) electrons. The molecular weight excluding hydrogens is 340 g/mol. The van der Waals surface area contributed by atoms with E-state index in [1.54, 1.807) is 29.2 Å². The van der Waals surface area contributed by atoms with Crippen LogP contribution in [0.1, 0.15) is 34.3 Å². The summed E-state index contributed by atoms with van der Waals surface area (Å²) < 4.78 is 6.14. The third-order valence-electron chi connectivity index (χ3n) is 4.87. The van der Waals surface area contributed by atoms with Gasteiger partial charge < -0.3 is 15.0 Å². The van der Waals surface area contributed by atoms with Gasteiger partial charge in [0, 0.05) is 31.5 Å². The molecule has 1 aliphatic heterocycles. The Morgan fingerprint density at radius 3 is 2.48 bits per heavy atom. The molecule has 0 atom stereocenters. The maximum absolute atomic E-state index is 12.4. The summed E-state index contributed by atoms with van der Waals surface area (Å²) in [6.45, 7) is 5.42. The van der Waals surface area contributed by atoms with Gasteiger partial charge >= 0.3 is 0 Å². The third kappa shape index (κ3) is 5.09. The minimum absolute atomic E-state index is 0.0240. The predicted molar refractivity (Wildman–Crippen MR) is 105 cm³/mol. The van der Waals surface area contributed by atoms with Crippen molar-refractivity contribution in [3.63, 3.8) is 0 Å². The molecule has 27 heavy (non-hydrogen) atoms. The fourth-order valence-electron chi connectivity index (χ4n) is 3.20. The van der Waals surface area contributed by atoms with Crippen LogP contribution in [0.5, 0.6) is 5.75 Å². The molecule has 1 aliphatic rings. The summed E-state index contributed by atoms with van der Waals surface area (Å²) in [5, 5.41) is 2.70. The van der Waals surface area contributed by atoms with Crippen LogP contribution in [0.4, 0.5) is 0 Å². The van der Waals surface area contributed by atoms with Gasteiger partial charge in [0.2, 0.25) is 5.91 Å². The molecule has 3 rings (SSSR count). The second-order valence-electron chi connectivity index (χ2n) is 7.02. The third-order valence-corrected chi connectivity index (χ3v) is 4.87. The Balaban J connectivity index is 1.45. The van der Waals surface area contributed by atoms with Crippen molar-refractivity contribution in [2.45, 2.75) is 32.8 Å². The fourth-order valence-corrected chi connectivity index (χ4v) is 3.20. The van der Waals surface area contributed by atoms with E-state index < -0.39 is 0 Å². The molecule has 1 fully saturated rings. The first-order valence-corrected chi connectivity index (χ1v) is 9.38. The minimum atomic E-state index is -0.225. The number of carbonyl (C=O) groups excluding carboxylic acids is 2. The van der Waals surface area contributed by atoms with Gasteiger partial charge in [0.1, 0.15) is 11.9 Å². The minimum Gasteiger partial charge on any atom is -0.490 e. The van der Waals surface area contributed by atoms with Gasteiger partial charge in [0.05, 0.1) is 6.54 Å². The zero-order chi connectivity index (χ0) is 19.2. The van der Waals surface area contributed by atoms with Gasteiger partial charge in [0.15, 0.2) is 0 Å². The number of benzene rings is 2. The highest BCUT2D eigenvalue weighted by Crippen LogP contribution is 2.24. The SMILES string of the molecule is Cc1ccc(C)c(OC2CCN(C(=O)CNC(=O)c3ccccc3)CC2)c1. The van der Waals surface area contributed by atoms with Crippen LogP contribution in [0, 0.1) is 13.8 Å². The molecule has 2 aromatic carbocycles. The highest BCUT2D eigenvalue weighted by molar-refractivity contribution is 5.96. The summed E-state index contributed by atoms with van der Waals surface area (Å²) in [7, 11) is 0. The van der Waals surface area contributed by atoms with Crippen molar-refractivity contribution in [2.24, 2.45) is 0 Å². The molecule has 5 nitrogen and oxygen atoms in total. The summed E-state index contributed by atoms with van der Waals surface area (Å²) >= 11 is 0. The first-order valence-electron chi connectivity index (χ1n) is 9.38.